The lowest BCUT2D eigenvalue weighted by atomic mass is 10.2. The fourth-order valence-electron chi connectivity index (χ4n) is 1.76. The summed E-state index contributed by atoms with van der Waals surface area (Å²) in [6.45, 7) is 0. The highest BCUT2D eigenvalue weighted by molar-refractivity contribution is 7.98. The standard InChI is InChI=1S/C14H14N2O3S2/c1-20-13-5-3-2-4-12(13)14(17)16-10-6-8-11(9-7-10)21(15,18)19/h2-9H,1H3,(H,16,17)(H2,15,18,19). The fourth-order valence-corrected chi connectivity index (χ4v) is 2.87. The summed E-state index contributed by atoms with van der Waals surface area (Å²) in [5, 5.41) is 7.74. The van der Waals surface area contributed by atoms with Crippen molar-refractivity contribution in [3.63, 3.8) is 0 Å². The van der Waals surface area contributed by atoms with E-state index >= 15 is 0 Å². The van der Waals surface area contributed by atoms with Crippen LogP contribution in [0.4, 0.5) is 5.69 Å². The lowest BCUT2D eigenvalue weighted by Crippen LogP contribution is -2.14. The molecule has 0 unspecified atom stereocenters. The summed E-state index contributed by atoms with van der Waals surface area (Å²) in [6, 6.07) is 13.0. The number of nitrogens with two attached hydrogens (primary N) is 1. The van der Waals surface area contributed by atoms with E-state index in [1.54, 1.807) is 12.1 Å². The molecule has 5 nitrogen and oxygen atoms in total. The average molecular weight is 322 g/mol. The van der Waals surface area contributed by atoms with Crippen LogP contribution in [0.1, 0.15) is 10.4 Å². The van der Waals surface area contributed by atoms with Gasteiger partial charge in [0.05, 0.1) is 10.5 Å². The normalized spacial score (nSPS) is 11.1. The zero-order valence-electron chi connectivity index (χ0n) is 11.2. The molecule has 0 aliphatic carbocycles. The fraction of sp³-hybridized carbons (Fsp3) is 0.0714. The van der Waals surface area contributed by atoms with Crippen molar-refractivity contribution in [1.82, 2.24) is 0 Å². The molecular formula is C14H14N2O3S2. The van der Waals surface area contributed by atoms with Crippen molar-refractivity contribution in [2.45, 2.75) is 9.79 Å². The van der Waals surface area contributed by atoms with Gasteiger partial charge in [-0.2, -0.15) is 0 Å². The van der Waals surface area contributed by atoms with Gasteiger partial charge in [-0.15, -0.1) is 11.8 Å². The number of carbonyl (C=O) groups is 1. The van der Waals surface area contributed by atoms with Crippen molar-refractivity contribution in [3.05, 3.63) is 54.1 Å². The van der Waals surface area contributed by atoms with E-state index in [0.717, 1.165) is 4.90 Å². The third-order valence-corrected chi connectivity index (χ3v) is 4.52. The van der Waals surface area contributed by atoms with Gasteiger partial charge in [0.25, 0.3) is 5.91 Å². The highest BCUT2D eigenvalue weighted by atomic mass is 32.2. The maximum absolute atomic E-state index is 12.2. The first-order valence-corrected chi connectivity index (χ1v) is 8.76. The first-order chi connectivity index (χ1) is 9.91. The van der Waals surface area contributed by atoms with E-state index in [1.165, 1.54) is 36.0 Å². The van der Waals surface area contributed by atoms with E-state index in [-0.39, 0.29) is 10.8 Å². The van der Waals surface area contributed by atoms with Crippen LogP contribution in [0.3, 0.4) is 0 Å². The Morgan fingerprint density at radius 1 is 1.10 bits per heavy atom. The Morgan fingerprint density at radius 2 is 1.71 bits per heavy atom. The number of thioether (sulfide) groups is 1. The predicted octanol–water partition coefficient (Wildman–Crippen LogP) is 2.31. The van der Waals surface area contributed by atoms with Crippen LogP contribution in [-0.4, -0.2) is 20.6 Å². The van der Waals surface area contributed by atoms with Gasteiger partial charge in [-0.3, -0.25) is 4.79 Å². The average Bonchev–Trinajstić information content (AvgIpc) is 2.46. The molecule has 0 aliphatic rings. The summed E-state index contributed by atoms with van der Waals surface area (Å²) in [7, 11) is -3.73. The van der Waals surface area contributed by atoms with Gasteiger partial charge in [0.2, 0.25) is 10.0 Å². The second kappa shape index (κ2) is 6.30. The Labute approximate surface area is 127 Å². The predicted molar refractivity (Wildman–Crippen MR) is 84.0 cm³/mol. The van der Waals surface area contributed by atoms with Crippen molar-refractivity contribution in [2.24, 2.45) is 5.14 Å². The molecule has 3 N–H and O–H groups in total. The molecule has 0 fully saturated rings. The van der Waals surface area contributed by atoms with Gasteiger partial charge in [-0.25, -0.2) is 13.6 Å². The first kappa shape index (κ1) is 15.6. The highest BCUT2D eigenvalue weighted by Crippen LogP contribution is 2.21. The van der Waals surface area contributed by atoms with E-state index < -0.39 is 10.0 Å². The van der Waals surface area contributed by atoms with Gasteiger partial charge >= 0.3 is 0 Å². The molecule has 0 atom stereocenters. The smallest absolute Gasteiger partial charge is 0.256 e. The number of carbonyl (C=O) groups excluding carboxylic acids is 1. The number of hydrogen-bond acceptors (Lipinski definition) is 4. The molecule has 110 valence electrons. The number of benzene rings is 2. The Kier molecular flexibility index (Phi) is 4.66. The molecule has 0 saturated carbocycles. The van der Waals surface area contributed by atoms with Gasteiger partial charge in [0.1, 0.15) is 0 Å². The van der Waals surface area contributed by atoms with Crippen LogP contribution in [0.5, 0.6) is 0 Å². The highest BCUT2D eigenvalue weighted by Gasteiger charge is 2.11. The molecule has 0 bridgehead atoms. The third kappa shape index (κ3) is 3.84. The Morgan fingerprint density at radius 3 is 2.29 bits per heavy atom. The lowest BCUT2D eigenvalue weighted by molar-refractivity contribution is 0.102. The minimum atomic E-state index is -3.73. The zero-order valence-corrected chi connectivity index (χ0v) is 12.9. The van der Waals surface area contributed by atoms with Crippen LogP contribution >= 0.6 is 11.8 Å². The van der Waals surface area contributed by atoms with E-state index in [2.05, 4.69) is 5.32 Å². The molecular weight excluding hydrogens is 308 g/mol. The molecule has 2 aromatic rings. The number of anilines is 1. The van der Waals surface area contributed by atoms with Gasteiger partial charge < -0.3 is 5.32 Å². The van der Waals surface area contributed by atoms with Gasteiger partial charge in [0, 0.05) is 10.6 Å². The van der Waals surface area contributed by atoms with E-state index in [9.17, 15) is 13.2 Å². The minimum Gasteiger partial charge on any atom is -0.322 e. The third-order valence-electron chi connectivity index (χ3n) is 2.79. The molecule has 0 heterocycles. The SMILES string of the molecule is CSc1ccccc1C(=O)Nc1ccc(S(N)(=O)=O)cc1. The largest absolute Gasteiger partial charge is 0.322 e. The monoisotopic (exact) mass is 322 g/mol. The number of sulfonamides is 1. The van der Waals surface area contributed by atoms with Crippen molar-refractivity contribution in [2.75, 3.05) is 11.6 Å². The molecule has 0 radical (unpaired) electrons. The summed E-state index contributed by atoms with van der Waals surface area (Å²) >= 11 is 1.48. The van der Waals surface area contributed by atoms with Gasteiger partial charge in [-0.1, -0.05) is 12.1 Å². The van der Waals surface area contributed by atoms with Crippen LogP contribution < -0.4 is 10.5 Å². The Balaban J connectivity index is 2.20. The first-order valence-electron chi connectivity index (χ1n) is 5.99. The lowest BCUT2D eigenvalue weighted by Gasteiger charge is -2.08. The molecule has 0 spiro atoms. The van der Waals surface area contributed by atoms with Crippen molar-refractivity contribution >= 4 is 33.4 Å². The van der Waals surface area contributed by atoms with Crippen molar-refractivity contribution in [1.29, 1.82) is 0 Å². The van der Waals surface area contributed by atoms with E-state index in [0.29, 0.717) is 11.3 Å². The van der Waals surface area contributed by atoms with Gasteiger partial charge in [0.15, 0.2) is 0 Å². The van der Waals surface area contributed by atoms with Crippen LogP contribution in [0.15, 0.2) is 58.3 Å². The summed E-state index contributed by atoms with van der Waals surface area (Å²) < 4.78 is 22.3. The van der Waals surface area contributed by atoms with Crippen LogP contribution in [-0.2, 0) is 10.0 Å². The molecule has 1 amide bonds. The van der Waals surface area contributed by atoms with Crippen LogP contribution in [0.2, 0.25) is 0 Å². The Bertz CT molecular complexity index is 756. The summed E-state index contributed by atoms with van der Waals surface area (Å²) in [5.41, 5.74) is 1.07. The number of nitrogens with one attached hydrogen (secondary N) is 1. The molecule has 2 aromatic carbocycles. The summed E-state index contributed by atoms with van der Waals surface area (Å²) in [6.07, 6.45) is 1.90. The van der Waals surface area contributed by atoms with Crippen molar-refractivity contribution in [3.8, 4) is 0 Å². The Hall–Kier alpha value is -1.83. The summed E-state index contributed by atoms with van der Waals surface area (Å²) in [4.78, 5) is 13.1. The molecule has 21 heavy (non-hydrogen) atoms. The number of hydrogen-bond donors (Lipinski definition) is 2. The maximum atomic E-state index is 12.2. The molecule has 0 saturated heterocycles. The number of rotatable bonds is 4. The van der Waals surface area contributed by atoms with Crippen LogP contribution in [0.25, 0.3) is 0 Å². The number of primary sulfonamides is 1. The summed E-state index contributed by atoms with van der Waals surface area (Å²) in [5.74, 6) is -0.247. The van der Waals surface area contributed by atoms with Crippen LogP contribution in [0, 0.1) is 0 Å². The maximum Gasteiger partial charge on any atom is 0.256 e. The van der Waals surface area contributed by atoms with E-state index in [1.807, 2.05) is 18.4 Å². The second-order valence-corrected chi connectivity index (χ2v) is 6.63. The quantitative estimate of drug-likeness (QED) is 0.845. The minimum absolute atomic E-state index is 0.00464. The van der Waals surface area contributed by atoms with E-state index in [4.69, 9.17) is 5.14 Å². The van der Waals surface area contributed by atoms with Gasteiger partial charge in [-0.05, 0) is 42.7 Å². The molecule has 2 rings (SSSR count). The molecule has 0 aromatic heterocycles. The van der Waals surface area contributed by atoms with Crippen molar-refractivity contribution < 1.29 is 13.2 Å². The second-order valence-electron chi connectivity index (χ2n) is 4.22. The molecule has 7 heteroatoms. The molecule has 0 aliphatic heterocycles. The zero-order chi connectivity index (χ0) is 15.5. The topological polar surface area (TPSA) is 89.3 Å². The number of amides is 1.